The number of amides is 1. The first kappa shape index (κ1) is 7.65. The fourth-order valence-electron chi connectivity index (χ4n) is 0.711. The van der Waals surface area contributed by atoms with E-state index in [0.29, 0.717) is 12.2 Å². The maximum atomic E-state index is 10.0. The third kappa shape index (κ3) is 2.00. The molecule has 1 rings (SSSR count). The number of carbonyl (C=O) groups excluding carboxylic acids is 1. The van der Waals surface area contributed by atoms with E-state index in [9.17, 15) is 4.79 Å². The number of aromatic nitrogens is 2. The van der Waals surface area contributed by atoms with E-state index in [0.717, 1.165) is 0 Å². The summed E-state index contributed by atoms with van der Waals surface area (Å²) in [5.41, 5.74) is 0. The molecular weight excluding hydrogens is 142 g/mol. The first-order chi connectivity index (χ1) is 5.34. The van der Waals surface area contributed by atoms with Gasteiger partial charge in [0.25, 0.3) is 0 Å². The van der Waals surface area contributed by atoms with Gasteiger partial charge in [0.2, 0.25) is 6.41 Å². The van der Waals surface area contributed by atoms with Crippen LogP contribution >= 0.6 is 0 Å². The molecule has 0 aliphatic carbocycles. The quantitative estimate of drug-likeness (QED) is 0.631. The lowest BCUT2D eigenvalue weighted by molar-refractivity contribution is -0.110. The van der Waals surface area contributed by atoms with Crippen LogP contribution < -0.4 is 5.32 Å². The molecule has 0 radical (unpaired) electrons. The van der Waals surface area contributed by atoms with Crippen molar-refractivity contribution < 1.29 is 4.79 Å². The van der Waals surface area contributed by atoms with Crippen LogP contribution in [0.1, 0.15) is 18.8 Å². The summed E-state index contributed by atoms with van der Waals surface area (Å²) in [4.78, 5) is 18.0. The Balaban J connectivity index is 2.68. The van der Waals surface area contributed by atoms with E-state index in [1.54, 1.807) is 18.5 Å². The Kier molecular flexibility index (Phi) is 2.54. The molecule has 1 atom stereocenters. The lowest BCUT2D eigenvalue weighted by Crippen LogP contribution is -2.18. The molecule has 0 aromatic carbocycles. The van der Waals surface area contributed by atoms with Crippen LogP contribution in [-0.4, -0.2) is 16.4 Å². The Bertz CT molecular complexity index is 224. The van der Waals surface area contributed by atoms with Gasteiger partial charge in [-0.1, -0.05) is 0 Å². The predicted molar refractivity (Wildman–Crippen MR) is 39.6 cm³/mol. The van der Waals surface area contributed by atoms with Gasteiger partial charge in [0.05, 0.1) is 6.04 Å². The Morgan fingerprint density at radius 3 is 2.73 bits per heavy atom. The Hall–Kier alpha value is -1.45. The van der Waals surface area contributed by atoms with Crippen molar-refractivity contribution in [3.8, 4) is 0 Å². The van der Waals surface area contributed by atoms with Crippen molar-refractivity contribution in [2.24, 2.45) is 0 Å². The van der Waals surface area contributed by atoms with E-state index in [-0.39, 0.29) is 6.04 Å². The number of hydrogen-bond donors (Lipinski definition) is 1. The van der Waals surface area contributed by atoms with Crippen LogP contribution in [0.25, 0.3) is 0 Å². The zero-order valence-electron chi connectivity index (χ0n) is 6.19. The normalized spacial score (nSPS) is 12.1. The van der Waals surface area contributed by atoms with Crippen molar-refractivity contribution >= 4 is 6.41 Å². The van der Waals surface area contributed by atoms with E-state index in [1.807, 2.05) is 6.92 Å². The fourth-order valence-corrected chi connectivity index (χ4v) is 0.711. The van der Waals surface area contributed by atoms with E-state index < -0.39 is 0 Å². The lowest BCUT2D eigenvalue weighted by Gasteiger charge is -2.06. The first-order valence-corrected chi connectivity index (χ1v) is 3.31. The zero-order valence-corrected chi connectivity index (χ0v) is 6.19. The summed E-state index contributed by atoms with van der Waals surface area (Å²) in [6, 6.07) is 1.62. The van der Waals surface area contributed by atoms with E-state index >= 15 is 0 Å². The molecule has 0 aliphatic heterocycles. The van der Waals surface area contributed by atoms with Gasteiger partial charge in [0.15, 0.2) is 0 Å². The molecule has 1 heterocycles. The summed E-state index contributed by atoms with van der Waals surface area (Å²) in [5.74, 6) is 0.625. The van der Waals surface area contributed by atoms with Crippen LogP contribution in [0.15, 0.2) is 18.5 Å². The molecular formula is C7H9N3O. The second-order valence-electron chi connectivity index (χ2n) is 2.11. The average molecular weight is 151 g/mol. The molecule has 4 heteroatoms. The van der Waals surface area contributed by atoms with Crippen LogP contribution in [0.5, 0.6) is 0 Å². The maximum absolute atomic E-state index is 10.0. The second kappa shape index (κ2) is 3.65. The molecule has 0 fully saturated rings. The van der Waals surface area contributed by atoms with Crippen LogP contribution in [-0.2, 0) is 4.79 Å². The van der Waals surface area contributed by atoms with Crippen LogP contribution in [0, 0.1) is 0 Å². The van der Waals surface area contributed by atoms with Crippen molar-refractivity contribution in [3.05, 3.63) is 24.3 Å². The van der Waals surface area contributed by atoms with Crippen LogP contribution in [0.2, 0.25) is 0 Å². The monoisotopic (exact) mass is 151 g/mol. The zero-order chi connectivity index (χ0) is 8.10. The number of carbonyl (C=O) groups is 1. The molecule has 4 nitrogen and oxygen atoms in total. The van der Waals surface area contributed by atoms with Crippen LogP contribution in [0.4, 0.5) is 0 Å². The van der Waals surface area contributed by atoms with E-state index in [4.69, 9.17) is 0 Å². The van der Waals surface area contributed by atoms with Gasteiger partial charge in [-0.3, -0.25) is 4.79 Å². The van der Waals surface area contributed by atoms with Gasteiger partial charge in [-0.25, -0.2) is 9.97 Å². The summed E-state index contributed by atoms with van der Waals surface area (Å²) >= 11 is 0. The standard InChI is InChI=1S/C7H9N3O/c1-6(10-5-11)7-8-3-2-4-9-7/h2-6H,1H3,(H,10,11). The number of nitrogens with one attached hydrogen (secondary N) is 1. The fraction of sp³-hybridized carbons (Fsp3) is 0.286. The molecule has 1 aromatic rings. The highest BCUT2D eigenvalue weighted by Gasteiger charge is 2.03. The average Bonchev–Trinajstić information content (AvgIpc) is 2.07. The SMILES string of the molecule is CC(NC=O)c1ncccn1. The summed E-state index contributed by atoms with van der Waals surface area (Å²) in [6.45, 7) is 1.82. The van der Waals surface area contributed by atoms with Gasteiger partial charge < -0.3 is 5.32 Å². The van der Waals surface area contributed by atoms with Gasteiger partial charge in [-0.2, -0.15) is 0 Å². The Labute approximate surface area is 64.7 Å². The Morgan fingerprint density at radius 2 is 2.18 bits per heavy atom. The van der Waals surface area contributed by atoms with Crippen LogP contribution in [0.3, 0.4) is 0 Å². The van der Waals surface area contributed by atoms with Crippen molar-refractivity contribution in [3.63, 3.8) is 0 Å². The van der Waals surface area contributed by atoms with Gasteiger partial charge in [-0.15, -0.1) is 0 Å². The molecule has 0 spiro atoms. The minimum Gasteiger partial charge on any atom is -0.349 e. The smallest absolute Gasteiger partial charge is 0.207 e. The molecule has 58 valence electrons. The summed E-state index contributed by atoms with van der Waals surface area (Å²) in [7, 11) is 0. The lowest BCUT2D eigenvalue weighted by atomic mass is 10.3. The predicted octanol–water partition coefficient (Wildman–Crippen LogP) is 0.284. The third-order valence-corrected chi connectivity index (χ3v) is 1.29. The maximum Gasteiger partial charge on any atom is 0.207 e. The van der Waals surface area contributed by atoms with Crippen molar-refractivity contribution in [2.45, 2.75) is 13.0 Å². The minimum atomic E-state index is -0.117. The summed E-state index contributed by atoms with van der Waals surface area (Å²) in [5, 5.41) is 2.56. The highest BCUT2D eigenvalue weighted by atomic mass is 16.1. The highest BCUT2D eigenvalue weighted by Crippen LogP contribution is 2.01. The molecule has 1 amide bonds. The molecule has 1 unspecified atom stereocenters. The highest BCUT2D eigenvalue weighted by molar-refractivity contribution is 5.46. The number of rotatable bonds is 3. The molecule has 0 bridgehead atoms. The first-order valence-electron chi connectivity index (χ1n) is 3.31. The van der Waals surface area contributed by atoms with E-state index in [2.05, 4.69) is 15.3 Å². The minimum absolute atomic E-state index is 0.117. The Morgan fingerprint density at radius 1 is 1.55 bits per heavy atom. The summed E-state index contributed by atoms with van der Waals surface area (Å²) < 4.78 is 0. The van der Waals surface area contributed by atoms with Crippen molar-refractivity contribution in [1.29, 1.82) is 0 Å². The van der Waals surface area contributed by atoms with Crippen molar-refractivity contribution in [1.82, 2.24) is 15.3 Å². The van der Waals surface area contributed by atoms with Crippen molar-refractivity contribution in [2.75, 3.05) is 0 Å². The molecule has 1 aromatic heterocycles. The largest absolute Gasteiger partial charge is 0.349 e. The molecule has 1 N–H and O–H groups in total. The molecule has 0 aliphatic rings. The summed E-state index contributed by atoms with van der Waals surface area (Å²) in [6.07, 6.45) is 3.93. The molecule has 11 heavy (non-hydrogen) atoms. The second-order valence-corrected chi connectivity index (χ2v) is 2.11. The van der Waals surface area contributed by atoms with Gasteiger partial charge in [-0.05, 0) is 13.0 Å². The molecule has 0 saturated heterocycles. The third-order valence-electron chi connectivity index (χ3n) is 1.29. The number of hydrogen-bond acceptors (Lipinski definition) is 3. The van der Waals surface area contributed by atoms with E-state index in [1.165, 1.54) is 0 Å². The molecule has 0 saturated carbocycles. The topological polar surface area (TPSA) is 54.9 Å². The number of nitrogens with zero attached hydrogens (tertiary/aromatic N) is 2. The van der Waals surface area contributed by atoms with Gasteiger partial charge in [0, 0.05) is 12.4 Å². The van der Waals surface area contributed by atoms with Gasteiger partial charge in [0.1, 0.15) is 5.82 Å². The van der Waals surface area contributed by atoms with Gasteiger partial charge >= 0.3 is 0 Å².